The molecule has 4 heteroatoms. The van der Waals surface area contributed by atoms with Crippen molar-refractivity contribution >= 4 is 17.0 Å². The van der Waals surface area contributed by atoms with Crippen LogP contribution in [0.5, 0.6) is 0 Å². The van der Waals surface area contributed by atoms with Crippen LogP contribution >= 0.6 is 0 Å². The molecule has 1 unspecified atom stereocenters. The first-order valence-electron chi connectivity index (χ1n) is 8.40. The predicted molar refractivity (Wildman–Crippen MR) is 95.3 cm³/mol. The van der Waals surface area contributed by atoms with E-state index < -0.39 is 0 Å². The second-order valence-electron chi connectivity index (χ2n) is 6.31. The highest BCUT2D eigenvalue weighted by Gasteiger charge is 2.28. The molecule has 0 N–H and O–H groups in total. The predicted octanol–water partition coefficient (Wildman–Crippen LogP) is 3.77. The molecule has 0 saturated carbocycles. The molecule has 0 radical (unpaired) electrons. The van der Waals surface area contributed by atoms with Gasteiger partial charge < -0.3 is 13.9 Å². The van der Waals surface area contributed by atoms with Crippen molar-refractivity contribution in [2.45, 2.75) is 12.5 Å². The van der Waals surface area contributed by atoms with Crippen LogP contribution in [0.25, 0.3) is 28.2 Å². The van der Waals surface area contributed by atoms with Crippen molar-refractivity contribution < 1.29 is 13.9 Å². The molecule has 1 aliphatic carbocycles. The van der Waals surface area contributed by atoms with Crippen molar-refractivity contribution in [3.05, 3.63) is 75.8 Å². The van der Waals surface area contributed by atoms with Crippen LogP contribution < -0.4 is 5.43 Å². The van der Waals surface area contributed by atoms with Crippen LogP contribution in [0.2, 0.25) is 0 Å². The molecule has 1 fully saturated rings. The number of benzene rings is 2. The zero-order chi connectivity index (χ0) is 16.8. The maximum Gasteiger partial charge on any atom is 0.201 e. The van der Waals surface area contributed by atoms with Crippen LogP contribution in [0.3, 0.4) is 0 Å². The molecule has 1 atom stereocenters. The van der Waals surface area contributed by atoms with Crippen LogP contribution in [-0.4, -0.2) is 19.3 Å². The molecule has 4 nitrogen and oxygen atoms in total. The van der Waals surface area contributed by atoms with E-state index in [1.165, 1.54) is 0 Å². The van der Waals surface area contributed by atoms with E-state index >= 15 is 0 Å². The maximum atomic E-state index is 13.2. The number of fused-ring (bicyclic) bond motifs is 4. The minimum Gasteiger partial charge on any atom is -0.493 e. The van der Waals surface area contributed by atoms with E-state index in [-0.39, 0.29) is 11.5 Å². The number of hydrogen-bond acceptors (Lipinski definition) is 4. The van der Waals surface area contributed by atoms with E-state index in [1.54, 1.807) is 6.26 Å². The number of rotatable bonds is 1. The van der Waals surface area contributed by atoms with Crippen LogP contribution in [0.4, 0.5) is 0 Å². The van der Waals surface area contributed by atoms with E-state index in [1.807, 2.05) is 48.5 Å². The Morgan fingerprint density at radius 3 is 2.76 bits per heavy atom. The normalized spacial score (nSPS) is 18.9. The van der Waals surface area contributed by atoms with Gasteiger partial charge in [0.15, 0.2) is 0 Å². The van der Waals surface area contributed by atoms with Gasteiger partial charge in [-0.1, -0.05) is 36.4 Å². The molecule has 0 bridgehead atoms. The van der Waals surface area contributed by atoms with Crippen LogP contribution in [0.1, 0.15) is 11.1 Å². The highest BCUT2D eigenvalue weighted by Crippen LogP contribution is 2.33. The smallest absolute Gasteiger partial charge is 0.201 e. The first-order valence-corrected chi connectivity index (χ1v) is 8.40. The zero-order valence-electron chi connectivity index (χ0n) is 13.5. The van der Waals surface area contributed by atoms with Crippen molar-refractivity contribution in [1.82, 2.24) is 0 Å². The summed E-state index contributed by atoms with van der Waals surface area (Å²) in [5.41, 5.74) is 3.98. The average Bonchev–Trinajstić information content (AvgIpc) is 2.67. The van der Waals surface area contributed by atoms with Crippen molar-refractivity contribution in [3.63, 3.8) is 0 Å². The van der Waals surface area contributed by atoms with Crippen LogP contribution in [0, 0.1) is 0 Å². The highest BCUT2D eigenvalue weighted by atomic mass is 16.6. The van der Waals surface area contributed by atoms with Crippen LogP contribution in [-0.2, 0) is 15.9 Å². The summed E-state index contributed by atoms with van der Waals surface area (Å²) in [6.45, 7) is 1.15. The van der Waals surface area contributed by atoms with Gasteiger partial charge in [-0.2, -0.15) is 0 Å². The topological polar surface area (TPSA) is 48.7 Å². The lowest BCUT2D eigenvalue weighted by molar-refractivity contribution is -0.0408. The molecule has 124 valence electrons. The summed E-state index contributed by atoms with van der Waals surface area (Å²) in [6, 6.07) is 13.5. The Labute approximate surface area is 144 Å². The molecular weight excluding hydrogens is 316 g/mol. The van der Waals surface area contributed by atoms with Gasteiger partial charge in [-0.05, 0) is 28.8 Å². The third kappa shape index (κ3) is 2.29. The molecule has 5 rings (SSSR count). The minimum absolute atomic E-state index is 0.0173. The van der Waals surface area contributed by atoms with Crippen molar-refractivity contribution in [1.29, 1.82) is 0 Å². The lowest BCUT2D eigenvalue weighted by Crippen LogP contribution is -2.31. The fraction of sp³-hybridized carbons (Fsp3) is 0.190. The van der Waals surface area contributed by atoms with Crippen molar-refractivity contribution in [3.8, 4) is 11.1 Å². The number of ether oxygens (including phenoxy) is 2. The second kappa shape index (κ2) is 5.60. The van der Waals surface area contributed by atoms with Gasteiger partial charge in [0, 0.05) is 6.42 Å². The minimum atomic E-state index is -0.0527. The summed E-state index contributed by atoms with van der Waals surface area (Å²) in [5, 5.41) is 0.610. The molecule has 2 aromatic carbocycles. The Hall–Kier alpha value is -2.85. The molecule has 1 saturated heterocycles. The van der Waals surface area contributed by atoms with E-state index in [0.29, 0.717) is 36.2 Å². The van der Waals surface area contributed by atoms with E-state index in [2.05, 4.69) is 0 Å². The summed E-state index contributed by atoms with van der Waals surface area (Å²) in [6.07, 6.45) is 4.15. The van der Waals surface area contributed by atoms with E-state index in [0.717, 1.165) is 22.4 Å². The van der Waals surface area contributed by atoms with Gasteiger partial charge in [-0.15, -0.1) is 0 Å². The maximum absolute atomic E-state index is 13.2. The Morgan fingerprint density at radius 2 is 1.88 bits per heavy atom. The Kier molecular flexibility index (Phi) is 3.25. The molecule has 1 aliphatic heterocycles. The first-order chi connectivity index (χ1) is 12.3. The molecule has 1 aromatic heterocycles. The summed E-state index contributed by atoms with van der Waals surface area (Å²) in [7, 11) is 0. The van der Waals surface area contributed by atoms with Gasteiger partial charge in [0.2, 0.25) is 5.43 Å². The monoisotopic (exact) mass is 332 g/mol. The molecule has 0 amide bonds. The summed E-state index contributed by atoms with van der Waals surface area (Å²) < 4.78 is 17.3. The molecule has 25 heavy (non-hydrogen) atoms. The second-order valence-corrected chi connectivity index (χ2v) is 6.31. The standard InChI is InChI=1S/C21H16O4/c22-21-16(13-4-2-1-3-5-13)12-25-17-7-6-14-10-18-19(24-9-8-23-18)11-15(14)20(17)21/h1-7,11-12,18H,8-10H2. The summed E-state index contributed by atoms with van der Waals surface area (Å²) in [5.74, 6) is 0.802. The largest absolute Gasteiger partial charge is 0.493 e. The molecule has 3 aromatic rings. The molecule has 2 heterocycles. The third-order valence-corrected chi connectivity index (χ3v) is 4.84. The lowest BCUT2D eigenvalue weighted by atomic mass is 9.90. The molecular formula is C21H16O4. The summed E-state index contributed by atoms with van der Waals surface area (Å²) in [4.78, 5) is 13.2. The van der Waals surface area contributed by atoms with Gasteiger partial charge in [-0.25, -0.2) is 0 Å². The van der Waals surface area contributed by atoms with E-state index in [9.17, 15) is 4.79 Å². The van der Waals surface area contributed by atoms with Crippen molar-refractivity contribution in [2.75, 3.05) is 13.2 Å². The Balaban J connectivity index is 1.77. The van der Waals surface area contributed by atoms with E-state index in [4.69, 9.17) is 13.9 Å². The third-order valence-electron chi connectivity index (χ3n) is 4.84. The van der Waals surface area contributed by atoms with Crippen molar-refractivity contribution in [2.24, 2.45) is 0 Å². The van der Waals surface area contributed by atoms with Gasteiger partial charge in [0.05, 0.1) is 17.6 Å². The zero-order valence-corrected chi connectivity index (χ0v) is 13.5. The number of hydrogen-bond donors (Lipinski definition) is 0. The Morgan fingerprint density at radius 1 is 1.00 bits per heavy atom. The van der Waals surface area contributed by atoms with Gasteiger partial charge in [0.25, 0.3) is 0 Å². The Bertz CT molecular complexity index is 1050. The SMILES string of the molecule is O=c1c(-c2ccccc2)coc2ccc3c(c12)C=C1OCCOC1C3. The quantitative estimate of drug-likeness (QED) is 0.680. The fourth-order valence-corrected chi connectivity index (χ4v) is 3.61. The highest BCUT2D eigenvalue weighted by molar-refractivity contribution is 5.91. The van der Waals surface area contributed by atoms with Gasteiger partial charge >= 0.3 is 0 Å². The first kappa shape index (κ1) is 14.5. The fourth-order valence-electron chi connectivity index (χ4n) is 3.61. The van der Waals surface area contributed by atoms with Crippen LogP contribution in [0.15, 0.2) is 63.7 Å². The molecule has 2 aliphatic rings. The lowest BCUT2D eigenvalue weighted by Gasteiger charge is -2.30. The molecule has 0 spiro atoms. The van der Waals surface area contributed by atoms with Gasteiger partial charge in [-0.3, -0.25) is 4.79 Å². The average molecular weight is 332 g/mol. The summed E-state index contributed by atoms with van der Waals surface area (Å²) >= 11 is 0. The van der Waals surface area contributed by atoms with Gasteiger partial charge in [0.1, 0.15) is 30.3 Å².